The van der Waals surface area contributed by atoms with Crippen LogP contribution in [-0.4, -0.2) is 20.7 Å². The Kier molecular flexibility index (Phi) is 5.85. The van der Waals surface area contributed by atoms with E-state index in [0.717, 1.165) is 6.07 Å². The molecule has 4 nitrogen and oxygen atoms in total. The van der Waals surface area contributed by atoms with Gasteiger partial charge in [-0.05, 0) is 31.2 Å². The van der Waals surface area contributed by atoms with E-state index >= 15 is 0 Å². The Morgan fingerprint density at radius 2 is 1.81 bits per heavy atom. The van der Waals surface area contributed by atoms with Gasteiger partial charge in [0.25, 0.3) is 0 Å². The number of benzene rings is 2. The molecule has 0 aliphatic rings. The monoisotopic (exact) mass is 381 g/mol. The maximum atomic E-state index is 12.9. The van der Waals surface area contributed by atoms with Crippen LogP contribution < -0.4 is 4.72 Å². The number of rotatable bonds is 4. The molecule has 0 aromatic heterocycles. The fraction of sp³-hybridized carbons (Fsp3) is 0.167. The number of carbonyl (C=O) groups is 1. The van der Waals surface area contributed by atoms with Crippen LogP contribution >= 0.6 is 0 Å². The molecule has 0 radical (unpaired) electrons. The maximum Gasteiger partial charge on any atom is 0.417 e. The molecule has 26 heavy (non-hydrogen) atoms. The van der Waals surface area contributed by atoms with Crippen molar-refractivity contribution in [1.82, 2.24) is 4.72 Å². The number of alkyl halides is 3. The molecule has 2 aromatic rings. The van der Waals surface area contributed by atoms with Gasteiger partial charge in [-0.15, -0.1) is 0 Å². The number of sulfonamides is 1. The standard InChI is InChI=1S/C18H14F3NO3S/c1-13(23)15-7-4-9-16(12-15)26(24,25)22-11-5-8-14-6-2-3-10-17(14)18(19,20)21/h2-4,6-7,9-10,12,22H,11H2,1H3. The average molecular weight is 381 g/mol. The summed E-state index contributed by atoms with van der Waals surface area (Å²) in [5, 5.41) is 0. The lowest BCUT2D eigenvalue weighted by molar-refractivity contribution is -0.137. The summed E-state index contributed by atoms with van der Waals surface area (Å²) in [6.45, 7) is 0.932. The minimum atomic E-state index is -4.54. The second-order valence-electron chi connectivity index (χ2n) is 5.25. The molecule has 0 spiro atoms. The molecule has 8 heteroatoms. The van der Waals surface area contributed by atoms with Crippen molar-refractivity contribution in [2.75, 3.05) is 6.54 Å². The van der Waals surface area contributed by atoms with Gasteiger partial charge in [0.1, 0.15) is 0 Å². The molecule has 2 rings (SSSR count). The molecule has 0 fully saturated rings. The van der Waals surface area contributed by atoms with Crippen molar-refractivity contribution < 1.29 is 26.4 Å². The highest BCUT2D eigenvalue weighted by Gasteiger charge is 2.32. The molecule has 0 atom stereocenters. The average Bonchev–Trinajstić information content (AvgIpc) is 2.58. The normalized spacial score (nSPS) is 11.5. The minimum Gasteiger partial charge on any atom is -0.295 e. The van der Waals surface area contributed by atoms with Crippen LogP contribution in [0.15, 0.2) is 53.4 Å². The van der Waals surface area contributed by atoms with Crippen molar-refractivity contribution >= 4 is 15.8 Å². The zero-order chi connectivity index (χ0) is 19.4. The maximum absolute atomic E-state index is 12.9. The summed E-state index contributed by atoms with van der Waals surface area (Å²) in [7, 11) is -3.94. The lowest BCUT2D eigenvalue weighted by atomic mass is 10.1. The molecule has 0 unspecified atom stereocenters. The van der Waals surface area contributed by atoms with E-state index < -0.39 is 21.8 Å². The lowest BCUT2D eigenvalue weighted by Gasteiger charge is -2.08. The van der Waals surface area contributed by atoms with E-state index in [1.807, 2.05) is 0 Å². The fourth-order valence-electron chi connectivity index (χ4n) is 2.08. The predicted molar refractivity (Wildman–Crippen MR) is 90.0 cm³/mol. The van der Waals surface area contributed by atoms with Gasteiger partial charge in [-0.2, -0.15) is 17.9 Å². The van der Waals surface area contributed by atoms with Crippen molar-refractivity contribution in [3.63, 3.8) is 0 Å². The van der Waals surface area contributed by atoms with Gasteiger partial charge in [0.2, 0.25) is 10.0 Å². The van der Waals surface area contributed by atoms with Gasteiger partial charge >= 0.3 is 6.18 Å². The number of carbonyl (C=O) groups excluding carboxylic acids is 1. The molecule has 2 aromatic carbocycles. The summed E-state index contributed by atoms with van der Waals surface area (Å²) >= 11 is 0. The van der Waals surface area contributed by atoms with Gasteiger partial charge in [0, 0.05) is 11.1 Å². The zero-order valence-electron chi connectivity index (χ0n) is 13.6. The second-order valence-corrected chi connectivity index (χ2v) is 7.02. The lowest BCUT2D eigenvalue weighted by Crippen LogP contribution is -2.24. The van der Waals surface area contributed by atoms with E-state index in [9.17, 15) is 26.4 Å². The molecular weight excluding hydrogens is 367 g/mol. The van der Waals surface area contributed by atoms with Crippen LogP contribution in [0, 0.1) is 11.8 Å². The number of ketones is 1. The molecule has 0 saturated carbocycles. The summed E-state index contributed by atoms with van der Waals surface area (Å²) in [6, 6.07) is 10.2. The first-order valence-electron chi connectivity index (χ1n) is 7.37. The molecule has 0 heterocycles. The van der Waals surface area contributed by atoms with E-state index in [2.05, 4.69) is 16.6 Å². The van der Waals surface area contributed by atoms with Gasteiger partial charge in [-0.25, -0.2) is 8.42 Å². The van der Waals surface area contributed by atoms with E-state index in [0.29, 0.717) is 0 Å². The first-order chi connectivity index (χ1) is 12.1. The summed E-state index contributed by atoms with van der Waals surface area (Å²) in [5.41, 5.74) is -0.889. The second kappa shape index (κ2) is 7.72. The summed E-state index contributed by atoms with van der Waals surface area (Å²) in [5.74, 6) is 4.41. The van der Waals surface area contributed by atoms with E-state index in [1.165, 1.54) is 49.4 Å². The van der Waals surface area contributed by atoms with Crippen molar-refractivity contribution in [1.29, 1.82) is 0 Å². The zero-order valence-corrected chi connectivity index (χ0v) is 14.4. The van der Waals surface area contributed by atoms with Gasteiger partial charge in [0.05, 0.1) is 17.0 Å². The van der Waals surface area contributed by atoms with Crippen LogP contribution in [0.2, 0.25) is 0 Å². The summed E-state index contributed by atoms with van der Waals surface area (Å²) in [6.07, 6.45) is -4.54. The number of Topliss-reactive ketones (excluding diaryl/α,β-unsaturated/α-hetero) is 1. The van der Waals surface area contributed by atoms with Crippen LogP contribution in [-0.2, 0) is 16.2 Å². The Labute approximate surface area is 149 Å². The van der Waals surface area contributed by atoms with E-state index in [4.69, 9.17) is 0 Å². The SMILES string of the molecule is CC(=O)c1cccc(S(=O)(=O)NCC#Cc2ccccc2C(F)(F)F)c1. The molecule has 1 N–H and O–H groups in total. The third-order valence-corrected chi connectivity index (χ3v) is 4.76. The first kappa shape index (κ1) is 19.7. The van der Waals surface area contributed by atoms with E-state index in [-0.39, 0.29) is 28.4 Å². The Morgan fingerprint density at radius 3 is 2.46 bits per heavy atom. The van der Waals surface area contributed by atoms with E-state index in [1.54, 1.807) is 0 Å². The molecule has 0 saturated heterocycles. The Morgan fingerprint density at radius 1 is 1.12 bits per heavy atom. The number of hydrogen-bond acceptors (Lipinski definition) is 3. The Hall–Kier alpha value is -2.63. The highest BCUT2D eigenvalue weighted by Crippen LogP contribution is 2.31. The molecule has 0 aliphatic heterocycles. The third-order valence-electron chi connectivity index (χ3n) is 3.36. The van der Waals surface area contributed by atoms with Gasteiger partial charge in [0.15, 0.2) is 5.78 Å². The third kappa shape index (κ3) is 4.94. The molecule has 0 amide bonds. The highest BCUT2D eigenvalue weighted by molar-refractivity contribution is 7.89. The highest BCUT2D eigenvalue weighted by atomic mass is 32.2. The van der Waals surface area contributed by atoms with Crippen LogP contribution in [0.5, 0.6) is 0 Å². The topological polar surface area (TPSA) is 63.2 Å². The van der Waals surface area contributed by atoms with Gasteiger partial charge in [-0.3, -0.25) is 4.79 Å². The predicted octanol–water partition coefficient (Wildman–Crippen LogP) is 3.24. The van der Waals surface area contributed by atoms with Crippen LogP contribution in [0.25, 0.3) is 0 Å². The number of hydrogen-bond donors (Lipinski definition) is 1. The van der Waals surface area contributed by atoms with Crippen molar-refractivity contribution in [3.05, 3.63) is 65.2 Å². The minimum absolute atomic E-state index is 0.123. The quantitative estimate of drug-likeness (QED) is 0.653. The van der Waals surface area contributed by atoms with Crippen LogP contribution in [0.1, 0.15) is 28.4 Å². The van der Waals surface area contributed by atoms with Crippen LogP contribution in [0.4, 0.5) is 13.2 Å². The molecular formula is C18H14F3NO3S. The van der Waals surface area contributed by atoms with Gasteiger partial charge < -0.3 is 0 Å². The van der Waals surface area contributed by atoms with Crippen molar-refractivity contribution in [3.8, 4) is 11.8 Å². The van der Waals surface area contributed by atoms with Gasteiger partial charge in [-0.1, -0.05) is 36.1 Å². The Balaban J connectivity index is 2.15. The Bertz CT molecular complexity index is 986. The summed E-state index contributed by atoms with van der Waals surface area (Å²) < 4.78 is 65.1. The van der Waals surface area contributed by atoms with Crippen molar-refractivity contribution in [2.24, 2.45) is 0 Å². The number of halogens is 3. The molecule has 0 bridgehead atoms. The molecule has 136 valence electrons. The largest absolute Gasteiger partial charge is 0.417 e. The summed E-state index contributed by atoms with van der Waals surface area (Å²) in [4.78, 5) is 11.2. The molecule has 0 aliphatic carbocycles. The van der Waals surface area contributed by atoms with Crippen LogP contribution in [0.3, 0.4) is 0 Å². The first-order valence-corrected chi connectivity index (χ1v) is 8.85. The smallest absolute Gasteiger partial charge is 0.295 e. The number of nitrogens with one attached hydrogen (secondary N) is 1. The fourth-order valence-corrected chi connectivity index (χ4v) is 3.04. The van der Waals surface area contributed by atoms with Crippen molar-refractivity contribution in [2.45, 2.75) is 18.0 Å².